The van der Waals surface area contributed by atoms with Crippen molar-refractivity contribution in [2.75, 3.05) is 6.54 Å². The third-order valence-corrected chi connectivity index (χ3v) is 3.38. The molecule has 0 aliphatic carbocycles. The maximum absolute atomic E-state index is 10.9. The molecular weight excluding hydrogens is 326 g/mol. The lowest BCUT2D eigenvalue weighted by molar-refractivity contribution is -0.385. The Morgan fingerprint density at radius 1 is 1.50 bits per heavy atom. The molecule has 1 N–H and O–H groups in total. The summed E-state index contributed by atoms with van der Waals surface area (Å²) in [7, 11) is 1.88. The normalized spacial score (nSPS) is 10.7. The maximum atomic E-state index is 10.9. The van der Waals surface area contributed by atoms with Crippen molar-refractivity contribution in [3.63, 3.8) is 0 Å². The molecule has 106 valence electrons. The molecule has 2 rings (SSSR count). The van der Waals surface area contributed by atoms with Gasteiger partial charge in [-0.3, -0.25) is 10.1 Å². The zero-order valence-electron chi connectivity index (χ0n) is 10.9. The number of aryl methyl sites for hydroxylation is 1. The highest BCUT2D eigenvalue weighted by Gasteiger charge is 2.13. The van der Waals surface area contributed by atoms with Crippen molar-refractivity contribution in [1.29, 1.82) is 0 Å². The minimum absolute atomic E-state index is 0.124. The van der Waals surface area contributed by atoms with Gasteiger partial charge in [-0.15, -0.1) is 10.2 Å². The molecule has 2 aromatic rings. The number of rotatable bonds is 6. The monoisotopic (exact) mass is 339 g/mol. The number of nitrogens with one attached hydrogen (secondary N) is 1. The molecule has 1 aromatic heterocycles. The number of hydrogen-bond acceptors (Lipinski definition) is 5. The number of benzene rings is 1. The highest BCUT2D eigenvalue weighted by atomic mass is 79.9. The van der Waals surface area contributed by atoms with Crippen molar-refractivity contribution in [2.24, 2.45) is 7.05 Å². The Balaban J connectivity index is 1.92. The summed E-state index contributed by atoms with van der Waals surface area (Å²) in [5.41, 5.74) is 0.779. The van der Waals surface area contributed by atoms with E-state index in [1.807, 2.05) is 11.6 Å². The summed E-state index contributed by atoms with van der Waals surface area (Å²) < 4.78 is 2.68. The van der Waals surface area contributed by atoms with Crippen molar-refractivity contribution in [2.45, 2.75) is 13.0 Å². The van der Waals surface area contributed by atoms with Gasteiger partial charge < -0.3 is 9.88 Å². The Labute approximate surface area is 124 Å². The average molecular weight is 340 g/mol. The van der Waals surface area contributed by atoms with Crippen LogP contribution in [0.15, 0.2) is 29.0 Å². The van der Waals surface area contributed by atoms with E-state index in [0.29, 0.717) is 18.7 Å². The Morgan fingerprint density at radius 3 is 2.95 bits per heavy atom. The predicted molar refractivity (Wildman–Crippen MR) is 77.2 cm³/mol. The SMILES string of the molecule is Cn1cnnc1CCNCc1cc(Br)ccc1[N+](=O)[O-]. The van der Waals surface area contributed by atoms with Crippen molar-refractivity contribution in [3.8, 4) is 0 Å². The maximum Gasteiger partial charge on any atom is 0.273 e. The van der Waals surface area contributed by atoms with Gasteiger partial charge in [0.15, 0.2) is 0 Å². The molecule has 8 heteroatoms. The topological polar surface area (TPSA) is 85.9 Å². The Morgan fingerprint density at radius 2 is 2.30 bits per heavy atom. The molecule has 1 aromatic carbocycles. The summed E-state index contributed by atoms with van der Waals surface area (Å²) in [6.07, 6.45) is 2.37. The van der Waals surface area contributed by atoms with E-state index in [9.17, 15) is 10.1 Å². The van der Waals surface area contributed by atoms with Gasteiger partial charge in [-0.05, 0) is 12.1 Å². The van der Waals surface area contributed by atoms with Crippen LogP contribution in [0.2, 0.25) is 0 Å². The molecule has 0 atom stereocenters. The molecule has 0 aliphatic heterocycles. The van der Waals surface area contributed by atoms with Crippen molar-refractivity contribution < 1.29 is 4.92 Å². The standard InChI is InChI=1S/C12H14BrN5O2/c1-17-8-15-16-12(17)4-5-14-7-9-6-10(13)2-3-11(9)18(19)20/h2-3,6,8,14H,4-5,7H2,1H3. The number of nitro groups is 1. The van der Waals surface area contributed by atoms with Crippen LogP contribution < -0.4 is 5.32 Å². The number of halogens is 1. The van der Waals surface area contributed by atoms with E-state index in [4.69, 9.17) is 0 Å². The van der Waals surface area contributed by atoms with Crippen molar-refractivity contribution in [1.82, 2.24) is 20.1 Å². The van der Waals surface area contributed by atoms with Gasteiger partial charge in [0.1, 0.15) is 12.2 Å². The predicted octanol–water partition coefficient (Wildman–Crippen LogP) is 1.82. The van der Waals surface area contributed by atoms with E-state index >= 15 is 0 Å². The first-order chi connectivity index (χ1) is 9.58. The largest absolute Gasteiger partial charge is 0.321 e. The van der Waals surface area contributed by atoms with E-state index in [-0.39, 0.29) is 10.6 Å². The summed E-state index contributed by atoms with van der Waals surface area (Å²) in [5.74, 6) is 0.876. The van der Waals surface area contributed by atoms with Crippen LogP contribution in [0.4, 0.5) is 5.69 Å². The molecule has 0 radical (unpaired) electrons. The number of nitrogens with zero attached hydrogens (tertiary/aromatic N) is 4. The van der Waals surface area contributed by atoms with Crippen LogP contribution in [0.5, 0.6) is 0 Å². The fourth-order valence-electron chi connectivity index (χ4n) is 1.83. The summed E-state index contributed by atoms with van der Waals surface area (Å²) >= 11 is 3.32. The van der Waals surface area contributed by atoms with E-state index in [1.54, 1.807) is 18.5 Å². The van der Waals surface area contributed by atoms with Crippen LogP contribution in [-0.2, 0) is 20.0 Å². The highest BCUT2D eigenvalue weighted by molar-refractivity contribution is 9.10. The number of aromatic nitrogens is 3. The van der Waals surface area contributed by atoms with Crippen molar-refractivity contribution in [3.05, 3.63) is 50.5 Å². The number of hydrogen-bond donors (Lipinski definition) is 1. The Hall–Kier alpha value is -1.80. The molecule has 0 unspecified atom stereocenters. The first-order valence-corrected chi connectivity index (χ1v) is 6.83. The van der Waals surface area contributed by atoms with Crippen LogP contribution in [0.1, 0.15) is 11.4 Å². The molecular formula is C12H14BrN5O2. The summed E-state index contributed by atoms with van der Waals surface area (Å²) in [4.78, 5) is 10.6. The van der Waals surface area contributed by atoms with Gasteiger partial charge in [0.05, 0.1) is 4.92 Å². The van der Waals surface area contributed by atoms with Gasteiger partial charge >= 0.3 is 0 Å². The summed E-state index contributed by atoms with van der Waals surface area (Å²) in [6.45, 7) is 1.11. The van der Waals surface area contributed by atoms with E-state index in [2.05, 4.69) is 31.4 Å². The second-order valence-electron chi connectivity index (χ2n) is 4.31. The lowest BCUT2D eigenvalue weighted by Crippen LogP contribution is -2.18. The van der Waals surface area contributed by atoms with Gasteiger partial charge in [-0.2, -0.15) is 0 Å². The molecule has 7 nitrogen and oxygen atoms in total. The second-order valence-corrected chi connectivity index (χ2v) is 5.23. The van der Waals surface area contributed by atoms with E-state index in [0.717, 1.165) is 16.7 Å². The lowest BCUT2D eigenvalue weighted by atomic mass is 10.2. The molecule has 0 spiro atoms. The Kier molecular flexibility index (Phi) is 4.80. The zero-order chi connectivity index (χ0) is 14.5. The minimum atomic E-state index is -0.369. The molecule has 0 bridgehead atoms. The van der Waals surface area contributed by atoms with Crippen LogP contribution in [0.25, 0.3) is 0 Å². The van der Waals surface area contributed by atoms with E-state index < -0.39 is 0 Å². The molecule has 0 aliphatic rings. The van der Waals surface area contributed by atoms with Gasteiger partial charge in [-0.25, -0.2) is 0 Å². The van der Waals surface area contributed by atoms with Gasteiger partial charge in [-0.1, -0.05) is 15.9 Å². The third kappa shape index (κ3) is 3.61. The third-order valence-electron chi connectivity index (χ3n) is 2.88. The number of nitro benzene ring substituents is 1. The van der Waals surface area contributed by atoms with Crippen molar-refractivity contribution >= 4 is 21.6 Å². The zero-order valence-corrected chi connectivity index (χ0v) is 12.5. The molecule has 0 fully saturated rings. The van der Waals surface area contributed by atoms with Gasteiger partial charge in [0, 0.05) is 42.7 Å². The smallest absolute Gasteiger partial charge is 0.273 e. The fraction of sp³-hybridized carbons (Fsp3) is 0.333. The summed E-state index contributed by atoms with van der Waals surface area (Å²) in [6, 6.07) is 4.93. The van der Waals surface area contributed by atoms with Gasteiger partial charge in [0.2, 0.25) is 0 Å². The molecule has 20 heavy (non-hydrogen) atoms. The Bertz CT molecular complexity index is 614. The molecule has 0 amide bonds. The van der Waals surface area contributed by atoms with Crippen LogP contribution >= 0.6 is 15.9 Å². The molecule has 0 saturated heterocycles. The van der Waals surface area contributed by atoms with Gasteiger partial charge in [0.25, 0.3) is 5.69 Å². The second kappa shape index (κ2) is 6.58. The first kappa shape index (κ1) is 14.6. The first-order valence-electron chi connectivity index (χ1n) is 6.04. The quantitative estimate of drug-likeness (QED) is 0.492. The molecule has 1 heterocycles. The van der Waals surface area contributed by atoms with Crippen LogP contribution in [-0.4, -0.2) is 26.2 Å². The van der Waals surface area contributed by atoms with E-state index in [1.165, 1.54) is 6.07 Å². The lowest BCUT2D eigenvalue weighted by Gasteiger charge is -2.06. The highest BCUT2D eigenvalue weighted by Crippen LogP contribution is 2.22. The van der Waals surface area contributed by atoms with Crippen LogP contribution in [0.3, 0.4) is 0 Å². The molecule has 0 saturated carbocycles. The van der Waals surface area contributed by atoms with Crippen LogP contribution in [0, 0.1) is 10.1 Å². The minimum Gasteiger partial charge on any atom is -0.321 e. The summed E-state index contributed by atoms with van der Waals surface area (Å²) in [5, 5.41) is 21.9. The fourth-order valence-corrected chi connectivity index (χ4v) is 2.24. The average Bonchev–Trinajstić information content (AvgIpc) is 2.80.